The van der Waals surface area contributed by atoms with Gasteiger partial charge in [0, 0.05) is 26.7 Å². The number of carbonyl (C=O) groups is 1. The van der Waals surface area contributed by atoms with Crippen molar-refractivity contribution in [2.45, 2.75) is 69.1 Å². The summed E-state index contributed by atoms with van der Waals surface area (Å²) in [6.07, 6.45) is 7.96. The Morgan fingerprint density at radius 1 is 1.18 bits per heavy atom. The van der Waals surface area contributed by atoms with Crippen molar-refractivity contribution >= 4 is 5.91 Å². The van der Waals surface area contributed by atoms with Gasteiger partial charge in [0.05, 0.1) is 24.9 Å². The molecule has 28 heavy (non-hydrogen) atoms. The summed E-state index contributed by atoms with van der Waals surface area (Å²) in [7, 11) is 3.49. The van der Waals surface area contributed by atoms with Crippen LogP contribution in [0, 0.1) is 5.92 Å². The second kappa shape index (κ2) is 8.42. The van der Waals surface area contributed by atoms with Gasteiger partial charge in [-0.25, -0.2) is 0 Å². The van der Waals surface area contributed by atoms with Crippen LogP contribution >= 0.6 is 0 Å². The lowest BCUT2D eigenvalue weighted by Gasteiger charge is -2.43. The van der Waals surface area contributed by atoms with E-state index in [-0.39, 0.29) is 23.7 Å². The zero-order chi connectivity index (χ0) is 19.6. The van der Waals surface area contributed by atoms with Crippen LogP contribution < -0.4 is 4.74 Å². The zero-order valence-corrected chi connectivity index (χ0v) is 17.2. The van der Waals surface area contributed by atoms with Crippen molar-refractivity contribution < 1.29 is 19.0 Å². The molecule has 1 heterocycles. The molecule has 3 atom stereocenters. The third-order valence-corrected chi connectivity index (χ3v) is 6.93. The topological polar surface area (TPSA) is 48.0 Å². The molecular weight excluding hydrogens is 354 g/mol. The fraction of sp³-hybridized carbons (Fsp3) is 0.696. The van der Waals surface area contributed by atoms with Crippen LogP contribution in [0.15, 0.2) is 24.3 Å². The molecule has 5 nitrogen and oxygen atoms in total. The third-order valence-electron chi connectivity index (χ3n) is 6.93. The van der Waals surface area contributed by atoms with Crippen molar-refractivity contribution in [2.75, 3.05) is 27.4 Å². The molecule has 1 amide bonds. The highest BCUT2D eigenvalue weighted by molar-refractivity contribution is 5.77. The van der Waals surface area contributed by atoms with Crippen molar-refractivity contribution in [3.63, 3.8) is 0 Å². The van der Waals surface area contributed by atoms with E-state index in [9.17, 15) is 4.79 Å². The summed E-state index contributed by atoms with van der Waals surface area (Å²) in [5, 5.41) is 0. The second-order valence-electron chi connectivity index (χ2n) is 8.61. The predicted molar refractivity (Wildman–Crippen MR) is 107 cm³/mol. The van der Waals surface area contributed by atoms with Gasteiger partial charge in [-0.15, -0.1) is 0 Å². The molecule has 1 aromatic rings. The van der Waals surface area contributed by atoms with Crippen molar-refractivity contribution in [3.05, 3.63) is 29.8 Å². The number of likely N-dealkylation sites (tertiary alicyclic amines) is 1. The van der Waals surface area contributed by atoms with Crippen LogP contribution in [0.2, 0.25) is 0 Å². The standard InChI is InChI=1S/C23H33NO4/c1-26-20-6-4-3-5-18(20)9-10-22(25)24-14-13-23(27-2)12-11-19(15-21(23)24)28-16-17-7-8-17/h3-6,17,19,21H,7-16H2,1-2H3/t19-,21-,23+/m0/s1. The van der Waals surface area contributed by atoms with Crippen LogP contribution in [0.3, 0.4) is 0 Å². The Balaban J connectivity index is 1.39. The van der Waals surface area contributed by atoms with E-state index in [1.54, 1.807) is 14.2 Å². The lowest BCUT2D eigenvalue weighted by Crippen LogP contribution is -2.53. The van der Waals surface area contributed by atoms with Crippen molar-refractivity contribution in [3.8, 4) is 5.75 Å². The van der Waals surface area contributed by atoms with Gasteiger partial charge >= 0.3 is 0 Å². The van der Waals surface area contributed by atoms with E-state index in [2.05, 4.69) is 4.90 Å². The highest BCUT2D eigenvalue weighted by Crippen LogP contribution is 2.44. The fourth-order valence-corrected chi connectivity index (χ4v) is 4.96. The average molecular weight is 388 g/mol. The number of methoxy groups -OCH3 is 2. The second-order valence-corrected chi connectivity index (χ2v) is 8.61. The Morgan fingerprint density at radius 3 is 2.75 bits per heavy atom. The van der Waals surface area contributed by atoms with Gasteiger partial charge in [-0.05, 0) is 62.5 Å². The summed E-state index contributed by atoms with van der Waals surface area (Å²) in [6.45, 7) is 1.68. The van der Waals surface area contributed by atoms with Crippen molar-refractivity contribution in [1.82, 2.24) is 4.90 Å². The SMILES string of the molecule is COc1ccccc1CCC(=O)N1CC[C@]2(OC)CC[C@H](OCC3CC3)C[C@H]12. The van der Waals surface area contributed by atoms with E-state index < -0.39 is 0 Å². The summed E-state index contributed by atoms with van der Waals surface area (Å²) in [5.41, 5.74) is 0.907. The number of hydrogen-bond donors (Lipinski definition) is 0. The molecule has 154 valence electrons. The molecule has 0 radical (unpaired) electrons. The molecule has 0 unspecified atom stereocenters. The summed E-state index contributed by atoms with van der Waals surface area (Å²) in [5.74, 6) is 1.85. The van der Waals surface area contributed by atoms with Crippen LogP contribution in [-0.4, -0.2) is 55.9 Å². The zero-order valence-electron chi connectivity index (χ0n) is 17.2. The van der Waals surface area contributed by atoms with Gasteiger partial charge in [0.25, 0.3) is 0 Å². The van der Waals surface area contributed by atoms with Gasteiger partial charge in [-0.2, -0.15) is 0 Å². The number of fused-ring (bicyclic) bond motifs is 1. The third kappa shape index (κ3) is 4.06. The van der Waals surface area contributed by atoms with Crippen LogP contribution in [0.4, 0.5) is 0 Å². The van der Waals surface area contributed by atoms with Gasteiger partial charge in [-0.3, -0.25) is 4.79 Å². The number of amides is 1. The number of hydrogen-bond acceptors (Lipinski definition) is 4. The first-order chi connectivity index (χ1) is 13.6. The number of para-hydroxylation sites is 1. The lowest BCUT2D eigenvalue weighted by molar-refractivity contribution is -0.141. The van der Waals surface area contributed by atoms with E-state index in [1.165, 1.54) is 12.8 Å². The predicted octanol–water partition coefficient (Wildman–Crippen LogP) is 3.59. The Kier molecular flexibility index (Phi) is 5.93. The highest BCUT2D eigenvalue weighted by atomic mass is 16.5. The van der Waals surface area contributed by atoms with Crippen LogP contribution in [0.1, 0.15) is 50.5 Å². The van der Waals surface area contributed by atoms with Gasteiger partial charge in [0.1, 0.15) is 5.75 Å². The van der Waals surface area contributed by atoms with E-state index >= 15 is 0 Å². The molecule has 5 heteroatoms. The molecular formula is C23H33NO4. The molecule has 2 aliphatic carbocycles. The fourth-order valence-electron chi connectivity index (χ4n) is 4.96. The maximum absolute atomic E-state index is 13.1. The van der Waals surface area contributed by atoms with Crippen LogP contribution in [0.25, 0.3) is 0 Å². The van der Waals surface area contributed by atoms with Gasteiger partial charge in [0.15, 0.2) is 0 Å². The number of nitrogens with zero attached hydrogens (tertiary/aromatic N) is 1. The minimum absolute atomic E-state index is 0.139. The molecule has 1 aromatic carbocycles. The molecule has 0 aromatic heterocycles. The normalized spacial score (nSPS) is 29.6. The molecule has 4 rings (SSSR count). The first-order valence-electron chi connectivity index (χ1n) is 10.7. The van der Waals surface area contributed by atoms with E-state index in [1.807, 2.05) is 24.3 Å². The molecule has 3 aliphatic rings. The quantitative estimate of drug-likeness (QED) is 0.684. The number of rotatable bonds is 8. The Hall–Kier alpha value is -1.59. The Morgan fingerprint density at radius 2 is 2.00 bits per heavy atom. The van der Waals surface area contributed by atoms with Gasteiger partial charge < -0.3 is 19.1 Å². The van der Waals surface area contributed by atoms with E-state index in [0.29, 0.717) is 12.8 Å². The van der Waals surface area contributed by atoms with E-state index in [4.69, 9.17) is 14.2 Å². The number of aryl methyl sites for hydroxylation is 1. The first kappa shape index (κ1) is 19.7. The lowest BCUT2D eigenvalue weighted by atomic mass is 9.79. The maximum Gasteiger partial charge on any atom is 0.223 e. The summed E-state index contributed by atoms with van der Waals surface area (Å²) >= 11 is 0. The highest BCUT2D eigenvalue weighted by Gasteiger charge is 2.52. The van der Waals surface area contributed by atoms with Crippen LogP contribution in [-0.2, 0) is 20.7 Å². The van der Waals surface area contributed by atoms with Crippen molar-refractivity contribution in [1.29, 1.82) is 0 Å². The summed E-state index contributed by atoms with van der Waals surface area (Å²) in [4.78, 5) is 15.2. The smallest absolute Gasteiger partial charge is 0.223 e. The van der Waals surface area contributed by atoms with Crippen molar-refractivity contribution in [2.24, 2.45) is 5.92 Å². The van der Waals surface area contributed by atoms with Gasteiger partial charge in [-0.1, -0.05) is 18.2 Å². The molecule has 0 N–H and O–H groups in total. The number of ether oxygens (including phenoxy) is 3. The molecule has 0 spiro atoms. The minimum Gasteiger partial charge on any atom is -0.496 e. The molecule has 0 bridgehead atoms. The first-order valence-corrected chi connectivity index (χ1v) is 10.7. The molecule has 2 saturated carbocycles. The summed E-state index contributed by atoms with van der Waals surface area (Å²) < 4.78 is 17.6. The Labute approximate surface area is 168 Å². The summed E-state index contributed by atoms with van der Waals surface area (Å²) in [6, 6.07) is 8.09. The monoisotopic (exact) mass is 387 g/mol. The Bertz CT molecular complexity index is 689. The minimum atomic E-state index is -0.181. The maximum atomic E-state index is 13.1. The molecule has 1 saturated heterocycles. The number of benzene rings is 1. The number of carbonyl (C=O) groups excluding carboxylic acids is 1. The molecule has 3 fully saturated rings. The average Bonchev–Trinajstić information content (AvgIpc) is 3.49. The van der Waals surface area contributed by atoms with Gasteiger partial charge in [0.2, 0.25) is 5.91 Å². The largest absolute Gasteiger partial charge is 0.496 e. The van der Waals surface area contributed by atoms with E-state index in [0.717, 1.165) is 56.1 Å². The van der Waals surface area contributed by atoms with Crippen LogP contribution in [0.5, 0.6) is 5.75 Å². The molecule has 1 aliphatic heterocycles.